The Hall–Kier alpha value is -1.37. The molecule has 1 aliphatic rings. The van der Waals surface area contributed by atoms with Gasteiger partial charge in [0, 0.05) is 37.8 Å². The van der Waals surface area contributed by atoms with Crippen molar-refractivity contribution in [2.75, 3.05) is 19.6 Å². The molecule has 1 aliphatic heterocycles. The Kier molecular flexibility index (Phi) is 5.74. The van der Waals surface area contributed by atoms with Gasteiger partial charge in [0.2, 0.25) is 0 Å². The van der Waals surface area contributed by atoms with Crippen LogP contribution >= 0.6 is 24.0 Å². The van der Waals surface area contributed by atoms with Crippen molar-refractivity contribution >= 4 is 35.6 Å². The van der Waals surface area contributed by atoms with E-state index in [1.165, 1.54) is 18.2 Å². The number of carbonyl (C=O) groups excluding carboxylic acids is 1. The van der Waals surface area contributed by atoms with Crippen molar-refractivity contribution in [3.63, 3.8) is 0 Å². The molecule has 6 nitrogen and oxygen atoms in total. The van der Waals surface area contributed by atoms with Crippen molar-refractivity contribution in [1.29, 1.82) is 0 Å². The summed E-state index contributed by atoms with van der Waals surface area (Å²) in [6.07, 6.45) is 0. The van der Waals surface area contributed by atoms with Gasteiger partial charge in [0.05, 0.1) is 15.5 Å². The molecule has 0 bridgehead atoms. The fraction of sp³-hybridized carbons (Fsp3) is 0.417. The Balaban J connectivity index is 0.00000200. The van der Waals surface area contributed by atoms with Crippen LogP contribution in [0.3, 0.4) is 0 Å². The van der Waals surface area contributed by atoms with Crippen molar-refractivity contribution in [3.05, 3.63) is 38.9 Å². The van der Waals surface area contributed by atoms with Gasteiger partial charge in [0.15, 0.2) is 0 Å². The Morgan fingerprint density at radius 3 is 2.80 bits per heavy atom. The first-order chi connectivity index (χ1) is 9.00. The van der Waals surface area contributed by atoms with Crippen LogP contribution in [0.25, 0.3) is 0 Å². The molecule has 1 amide bonds. The summed E-state index contributed by atoms with van der Waals surface area (Å²) >= 11 is 5.97. The minimum absolute atomic E-state index is 0. The first kappa shape index (κ1) is 16.7. The maximum Gasteiger partial charge on any atom is 0.270 e. The molecule has 0 radical (unpaired) electrons. The van der Waals surface area contributed by atoms with E-state index in [0.717, 1.165) is 13.1 Å². The minimum Gasteiger partial charge on any atom is -0.333 e. The van der Waals surface area contributed by atoms with E-state index in [1.54, 1.807) is 4.90 Å². The van der Waals surface area contributed by atoms with Crippen LogP contribution in [0.1, 0.15) is 17.3 Å². The zero-order valence-electron chi connectivity index (χ0n) is 10.8. The second-order valence-electron chi connectivity index (χ2n) is 4.47. The molecule has 0 saturated carbocycles. The standard InChI is InChI=1S/C12H14ClN3O3.ClH/c1-8-7-14-4-5-15(8)12(17)10-3-2-9(16(18)19)6-11(10)13;/h2-3,6,8,14H,4-5,7H2,1H3;1H/t8-;/m0./s1. The monoisotopic (exact) mass is 319 g/mol. The number of nitro benzene ring substituents is 1. The fourth-order valence-electron chi connectivity index (χ4n) is 2.09. The average Bonchev–Trinajstić information content (AvgIpc) is 2.38. The number of nitrogens with zero attached hydrogens (tertiary/aromatic N) is 2. The number of amides is 1. The zero-order chi connectivity index (χ0) is 14.0. The number of rotatable bonds is 2. The summed E-state index contributed by atoms with van der Waals surface area (Å²) in [7, 11) is 0. The van der Waals surface area contributed by atoms with Crippen LogP contribution in [0.4, 0.5) is 5.69 Å². The highest BCUT2D eigenvalue weighted by Crippen LogP contribution is 2.24. The van der Waals surface area contributed by atoms with Crippen LogP contribution in [0.5, 0.6) is 0 Å². The minimum atomic E-state index is -0.534. The number of nitro groups is 1. The van der Waals surface area contributed by atoms with Crippen LogP contribution in [0.2, 0.25) is 5.02 Å². The van der Waals surface area contributed by atoms with Crippen molar-refractivity contribution < 1.29 is 9.72 Å². The fourth-order valence-corrected chi connectivity index (χ4v) is 2.34. The second-order valence-corrected chi connectivity index (χ2v) is 4.88. The molecule has 0 aromatic heterocycles. The summed E-state index contributed by atoms with van der Waals surface area (Å²) in [4.78, 5) is 24.2. The van der Waals surface area contributed by atoms with Gasteiger partial charge in [-0.2, -0.15) is 0 Å². The van der Waals surface area contributed by atoms with Gasteiger partial charge in [-0.3, -0.25) is 14.9 Å². The van der Waals surface area contributed by atoms with Gasteiger partial charge in [0.1, 0.15) is 0 Å². The number of non-ortho nitro benzene ring substituents is 1. The van der Waals surface area contributed by atoms with E-state index in [0.29, 0.717) is 12.1 Å². The lowest BCUT2D eigenvalue weighted by atomic mass is 10.1. The van der Waals surface area contributed by atoms with E-state index >= 15 is 0 Å². The van der Waals surface area contributed by atoms with E-state index in [4.69, 9.17) is 11.6 Å². The van der Waals surface area contributed by atoms with E-state index in [-0.39, 0.29) is 35.1 Å². The molecule has 1 aromatic rings. The molecule has 0 spiro atoms. The SMILES string of the molecule is C[C@H]1CNCCN1C(=O)c1ccc([N+](=O)[O-])cc1Cl.Cl. The predicted octanol–water partition coefficient (Wildman–Crippen LogP) is 2.10. The van der Waals surface area contributed by atoms with Crippen LogP contribution < -0.4 is 5.32 Å². The average molecular weight is 320 g/mol. The van der Waals surface area contributed by atoms with Gasteiger partial charge in [-0.05, 0) is 13.0 Å². The van der Waals surface area contributed by atoms with Gasteiger partial charge in [-0.15, -0.1) is 12.4 Å². The Morgan fingerprint density at radius 1 is 1.55 bits per heavy atom. The van der Waals surface area contributed by atoms with Gasteiger partial charge in [-0.25, -0.2) is 0 Å². The zero-order valence-corrected chi connectivity index (χ0v) is 12.4. The highest BCUT2D eigenvalue weighted by molar-refractivity contribution is 6.34. The third-order valence-electron chi connectivity index (χ3n) is 3.16. The predicted molar refractivity (Wildman–Crippen MR) is 78.7 cm³/mol. The van der Waals surface area contributed by atoms with E-state index in [9.17, 15) is 14.9 Å². The van der Waals surface area contributed by atoms with Crippen molar-refractivity contribution in [2.45, 2.75) is 13.0 Å². The Labute approximate surface area is 127 Å². The van der Waals surface area contributed by atoms with Crippen LogP contribution in [-0.2, 0) is 0 Å². The molecule has 8 heteroatoms. The number of hydrogen-bond acceptors (Lipinski definition) is 4. The summed E-state index contributed by atoms with van der Waals surface area (Å²) in [6.45, 7) is 4.02. The van der Waals surface area contributed by atoms with Crippen molar-refractivity contribution in [3.8, 4) is 0 Å². The molecule has 2 rings (SSSR count). The molecule has 20 heavy (non-hydrogen) atoms. The molecule has 1 aromatic carbocycles. The van der Waals surface area contributed by atoms with Crippen LogP contribution in [0, 0.1) is 10.1 Å². The summed E-state index contributed by atoms with van der Waals surface area (Å²) in [6, 6.07) is 4.00. The quantitative estimate of drug-likeness (QED) is 0.669. The van der Waals surface area contributed by atoms with E-state index in [1.807, 2.05) is 6.92 Å². The van der Waals surface area contributed by atoms with Gasteiger partial charge >= 0.3 is 0 Å². The number of benzene rings is 1. The summed E-state index contributed by atoms with van der Waals surface area (Å²) in [5.41, 5.74) is 0.191. The third kappa shape index (κ3) is 3.39. The summed E-state index contributed by atoms with van der Waals surface area (Å²) < 4.78 is 0. The first-order valence-corrected chi connectivity index (χ1v) is 6.34. The molecule has 1 fully saturated rings. The number of carbonyl (C=O) groups is 1. The highest BCUT2D eigenvalue weighted by atomic mass is 35.5. The molecule has 0 aliphatic carbocycles. The number of nitrogens with one attached hydrogen (secondary N) is 1. The summed E-state index contributed by atoms with van der Waals surface area (Å²) in [5.74, 6) is -0.186. The molecule has 1 atom stereocenters. The lowest BCUT2D eigenvalue weighted by Crippen LogP contribution is -2.52. The molecular formula is C12H15Cl2N3O3. The largest absolute Gasteiger partial charge is 0.333 e. The van der Waals surface area contributed by atoms with Gasteiger partial charge < -0.3 is 10.2 Å². The molecule has 1 heterocycles. The molecule has 110 valence electrons. The van der Waals surface area contributed by atoms with Crippen LogP contribution in [0.15, 0.2) is 18.2 Å². The van der Waals surface area contributed by atoms with Crippen molar-refractivity contribution in [2.24, 2.45) is 0 Å². The maximum atomic E-state index is 12.4. The first-order valence-electron chi connectivity index (χ1n) is 5.96. The molecule has 1 saturated heterocycles. The Morgan fingerprint density at radius 2 is 2.25 bits per heavy atom. The van der Waals surface area contributed by atoms with Gasteiger partial charge in [-0.1, -0.05) is 11.6 Å². The van der Waals surface area contributed by atoms with E-state index in [2.05, 4.69) is 5.32 Å². The summed E-state index contributed by atoms with van der Waals surface area (Å²) in [5, 5.41) is 13.9. The maximum absolute atomic E-state index is 12.4. The topological polar surface area (TPSA) is 75.5 Å². The number of piperazine rings is 1. The lowest BCUT2D eigenvalue weighted by molar-refractivity contribution is -0.384. The third-order valence-corrected chi connectivity index (χ3v) is 3.47. The van der Waals surface area contributed by atoms with Crippen molar-refractivity contribution in [1.82, 2.24) is 10.2 Å². The Bertz CT molecular complexity index is 525. The molecule has 1 N–H and O–H groups in total. The number of hydrogen-bond donors (Lipinski definition) is 1. The van der Waals surface area contributed by atoms with Gasteiger partial charge in [0.25, 0.3) is 11.6 Å². The lowest BCUT2D eigenvalue weighted by Gasteiger charge is -2.34. The van der Waals surface area contributed by atoms with Crippen LogP contribution in [-0.4, -0.2) is 41.4 Å². The van der Waals surface area contributed by atoms with E-state index < -0.39 is 4.92 Å². The number of halogens is 2. The second kappa shape index (κ2) is 6.88. The smallest absolute Gasteiger partial charge is 0.270 e. The molecular weight excluding hydrogens is 305 g/mol. The normalized spacial score (nSPS) is 18.3. The highest BCUT2D eigenvalue weighted by Gasteiger charge is 2.26. The molecule has 0 unspecified atom stereocenters.